The molecule has 7 nitrogen and oxygen atoms in total. The van der Waals surface area contributed by atoms with Gasteiger partial charge in [-0.05, 0) is 55.3 Å². The third kappa shape index (κ3) is 4.33. The Labute approximate surface area is 203 Å². The first-order chi connectivity index (χ1) is 17.1. The van der Waals surface area contributed by atoms with Gasteiger partial charge in [0.25, 0.3) is 0 Å². The average Bonchev–Trinajstić information content (AvgIpc) is 3.43. The fourth-order valence-electron chi connectivity index (χ4n) is 4.66. The minimum atomic E-state index is -0.413. The van der Waals surface area contributed by atoms with E-state index in [0.29, 0.717) is 26.1 Å². The third-order valence-corrected chi connectivity index (χ3v) is 6.33. The van der Waals surface area contributed by atoms with Gasteiger partial charge in [0.2, 0.25) is 0 Å². The zero-order valence-electron chi connectivity index (χ0n) is 19.8. The van der Waals surface area contributed by atoms with E-state index in [4.69, 9.17) is 9.84 Å². The first-order valence-electron chi connectivity index (χ1n) is 11.7. The molecule has 1 atom stereocenters. The standard InChI is InChI=1S/C27H28FN5O2/c1-19-23-18-32(27(34)29-15-7-17-35-2)25(20-11-13-21(28)14-12-20)24-10-6-16-31(24)26(23)33(30-19)22-8-4-3-5-9-22/h3-6,8-14,16,25H,7,15,17-18H2,1-2H3,(H,29,34). The highest BCUT2D eigenvalue weighted by molar-refractivity contribution is 5.76. The molecule has 3 heterocycles. The summed E-state index contributed by atoms with van der Waals surface area (Å²) < 4.78 is 22.9. The summed E-state index contributed by atoms with van der Waals surface area (Å²) in [7, 11) is 1.64. The Kier molecular flexibility index (Phi) is 6.37. The second-order valence-electron chi connectivity index (χ2n) is 8.60. The number of ether oxygens (including phenoxy) is 1. The van der Waals surface area contributed by atoms with Gasteiger partial charge in [0, 0.05) is 32.0 Å². The largest absolute Gasteiger partial charge is 0.385 e. The van der Waals surface area contributed by atoms with Crippen molar-refractivity contribution in [3.05, 3.63) is 101 Å². The zero-order chi connectivity index (χ0) is 24.4. The van der Waals surface area contributed by atoms with E-state index in [1.165, 1.54) is 12.1 Å². The molecule has 5 rings (SSSR count). The molecule has 0 saturated heterocycles. The minimum Gasteiger partial charge on any atom is -0.385 e. The topological polar surface area (TPSA) is 64.3 Å². The van der Waals surface area contributed by atoms with Crippen molar-refractivity contribution in [2.75, 3.05) is 20.3 Å². The van der Waals surface area contributed by atoms with Crippen molar-refractivity contribution in [2.24, 2.45) is 0 Å². The third-order valence-electron chi connectivity index (χ3n) is 6.33. The van der Waals surface area contributed by atoms with Crippen LogP contribution in [0.5, 0.6) is 0 Å². The van der Waals surface area contributed by atoms with E-state index >= 15 is 0 Å². The number of fused-ring (bicyclic) bond motifs is 3. The van der Waals surface area contributed by atoms with Crippen molar-refractivity contribution in [1.29, 1.82) is 0 Å². The molecule has 4 aromatic rings. The van der Waals surface area contributed by atoms with Gasteiger partial charge in [0.15, 0.2) is 0 Å². The SMILES string of the molecule is COCCCNC(=O)N1Cc2c(C)nn(-c3ccccc3)c2-n2cccc2C1c1ccc(F)cc1. The van der Waals surface area contributed by atoms with Crippen molar-refractivity contribution < 1.29 is 13.9 Å². The molecule has 2 aromatic carbocycles. The summed E-state index contributed by atoms with van der Waals surface area (Å²) in [5.41, 5.74) is 4.48. The molecule has 0 aliphatic carbocycles. The van der Waals surface area contributed by atoms with Gasteiger partial charge in [0.05, 0.1) is 29.7 Å². The Morgan fingerprint density at radius 2 is 1.89 bits per heavy atom. The van der Waals surface area contributed by atoms with Crippen LogP contribution in [0.3, 0.4) is 0 Å². The van der Waals surface area contributed by atoms with Crippen LogP contribution >= 0.6 is 0 Å². The van der Waals surface area contributed by atoms with Crippen LogP contribution in [0.15, 0.2) is 72.9 Å². The number of carbonyl (C=O) groups is 1. The van der Waals surface area contributed by atoms with E-state index < -0.39 is 6.04 Å². The van der Waals surface area contributed by atoms with Gasteiger partial charge < -0.3 is 19.5 Å². The van der Waals surface area contributed by atoms with E-state index in [1.54, 1.807) is 19.2 Å². The second-order valence-corrected chi connectivity index (χ2v) is 8.60. The first-order valence-corrected chi connectivity index (χ1v) is 11.7. The summed E-state index contributed by atoms with van der Waals surface area (Å²) in [5.74, 6) is 0.586. The van der Waals surface area contributed by atoms with Crippen molar-refractivity contribution in [2.45, 2.75) is 25.9 Å². The number of nitrogens with zero attached hydrogens (tertiary/aromatic N) is 4. The highest BCUT2D eigenvalue weighted by Gasteiger charge is 2.35. The molecule has 0 radical (unpaired) electrons. The van der Waals surface area contributed by atoms with Crippen LogP contribution in [0.2, 0.25) is 0 Å². The Morgan fingerprint density at radius 3 is 2.63 bits per heavy atom. The maximum atomic E-state index is 13.8. The Balaban J connectivity index is 1.65. The lowest BCUT2D eigenvalue weighted by atomic mass is 10.0. The number of rotatable bonds is 6. The van der Waals surface area contributed by atoms with Gasteiger partial charge in [-0.1, -0.05) is 30.3 Å². The van der Waals surface area contributed by atoms with E-state index in [2.05, 4.69) is 9.88 Å². The van der Waals surface area contributed by atoms with Crippen LogP contribution < -0.4 is 5.32 Å². The van der Waals surface area contributed by atoms with Crippen molar-refractivity contribution in [3.8, 4) is 11.5 Å². The molecule has 1 N–H and O–H groups in total. The van der Waals surface area contributed by atoms with Gasteiger partial charge in [0.1, 0.15) is 11.6 Å². The minimum absolute atomic E-state index is 0.192. The Morgan fingerprint density at radius 1 is 1.11 bits per heavy atom. The summed E-state index contributed by atoms with van der Waals surface area (Å²) in [5, 5.41) is 7.88. The second kappa shape index (κ2) is 9.76. The summed E-state index contributed by atoms with van der Waals surface area (Å²) >= 11 is 0. The van der Waals surface area contributed by atoms with Crippen LogP contribution in [0, 0.1) is 12.7 Å². The van der Waals surface area contributed by atoms with Crippen LogP contribution in [-0.4, -0.2) is 45.5 Å². The fraction of sp³-hybridized carbons (Fsp3) is 0.259. The molecular formula is C27H28FN5O2. The summed E-state index contributed by atoms with van der Waals surface area (Å²) in [6.45, 7) is 3.38. The van der Waals surface area contributed by atoms with E-state index in [9.17, 15) is 9.18 Å². The first kappa shape index (κ1) is 22.9. The molecule has 2 amide bonds. The molecule has 180 valence electrons. The number of carbonyl (C=O) groups excluding carboxylic acids is 1. The number of para-hydroxylation sites is 1. The van der Waals surface area contributed by atoms with Crippen LogP contribution in [0.1, 0.15) is 35.0 Å². The quantitative estimate of drug-likeness (QED) is 0.411. The number of urea groups is 1. The number of hydrogen-bond acceptors (Lipinski definition) is 3. The number of nitrogens with one attached hydrogen (secondary N) is 1. The maximum absolute atomic E-state index is 13.8. The van der Waals surface area contributed by atoms with Crippen molar-refractivity contribution in [3.63, 3.8) is 0 Å². The molecule has 1 aliphatic heterocycles. The molecule has 1 unspecified atom stereocenters. The molecule has 1 aliphatic rings. The monoisotopic (exact) mass is 473 g/mol. The number of hydrogen-bond donors (Lipinski definition) is 1. The molecule has 0 fully saturated rings. The number of aryl methyl sites for hydroxylation is 1. The smallest absolute Gasteiger partial charge is 0.318 e. The predicted molar refractivity (Wildman–Crippen MR) is 131 cm³/mol. The molecule has 0 bridgehead atoms. The molecule has 35 heavy (non-hydrogen) atoms. The molecular weight excluding hydrogens is 445 g/mol. The van der Waals surface area contributed by atoms with E-state index in [1.807, 2.05) is 65.2 Å². The molecule has 0 spiro atoms. The Bertz CT molecular complexity index is 1310. The van der Waals surface area contributed by atoms with Crippen molar-refractivity contribution >= 4 is 6.03 Å². The van der Waals surface area contributed by atoms with Crippen LogP contribution in [0.25, 0.3) is 11.5 Å². The van der Waals surface area contributed by atoms with Gasteiger partial charge in [-0.25, -0.2) is 13.9 Å². The molecule has 0 saturated carbocycles. The molecule has 2 aromatic heterocycles. The Hall–Kier alpha value is -3.91. The average molecular weight is 474 g/mol. The number of methoxy groups -OCH3 is 1. The fourth-order valence-corrected chi connectivity index (χ4v) is 4.66. The summed E-state index contributed by atoms with van der Waals surface area (Å²) in [4.78, 5) is 15.4. The molecule has 8 heteroatoms. The van der Waals surface area contributed by atoms with Gasteiger partial charge in [-0.3, -0.25) is 0 Å². The van der Waals surface area contributed by atoms with Gasteiger partial charge >= 0.3 is 6.03 Å². The number of amides is 2. The highest BCUT2D eigenvalue weighted by atomic mass is 19.1. The number of halogens is 1. The van der Waals surface area contributed by atoms with Crippen molar-refractivity contribution in [1.82, 2.24) is 24.6 Å². The van der Waals surface area contributed by atoms with E-state index in [-0.39, 0.29) is 11.8 Å². The normalized spacial score (nSPS) is 14.8. The van der Waals surface area contributed by atoms with Crippen LogP contribution in [-0.2, 0) is 11.3 Å². The highest BCUT2D eigenvalue weighted by Crippen LogP contribution is 2.38. The number of benzene rings is 2. The van der Waals surface area contributed by atoms with Gasteiger partial charge in [-0.2, -0.15) is 5.10 Å². The van der Waals surface area contributed by atoms with Gasteiger partial charge in [-0.15, -0.1) is 0 Å². The lowest BCUT2D eigenvalue weighted by Crippen LogP contribution is -2.42. The number of aromatic nitrogens is 3. The summed E-state index contributed by atoms with van der Waals surface area (Å²) in [6, 6.07) is 19.7. The lowest BCUT2D eigenvalue weighted by Gasteiger charge is -2.31. The predicted octanol–water partition coefficient (Wildman–Crippen LogP) is 4.76. The summed E-state index contributed by atoms with van der Waals surface area (Å²) in [6.07, 6.45) is 2.70. The van der Waals surface area contributed by atoms with E-state index in [0.717, 1.165) is 34.0 Å². The zero-order valence-corrected chi connectivity index (χ0v) is 19.8. The van der Waals surface area contributed by atoms with Crippen LogP contribution in [0.4, 0.5) is 9.18 Å². The maximum Gasteiger partial charge on any atom is 0.318 e. The lowest BCUT2D eigenvalue weighted by molar-refractivity contribution is 0.174.